The summed E-state index contributed by atoms with van der Waals surface area (Å²) in [5, 5.41) is 16.3. The second kappa shape index (κ2) is 5.03. The monoisotopic (exact) mass is 192 g/mol. The lowest BCUT2D eigenvalue weighted by Crippen LogP contribution is -2.24. The highest BCUT2D eigenvalue weighted by molar-refractivity contribution is 8.01. The molecule has 0 bridgehead atoms. The lowest BCUT2D eigenvalue weighted by atomic mass is 10.1. The third kappa shape index (κ3) is 4.23. The number of hydrogen-bond acceptors (Lipinski definition) is 3. The van der Waals surface area contributed by atoms with Crippen molar-refractivity contribution in [3.63, 3.8) is 0 Å². The zero-order valence-electron chi connectivity index (χ0n) is 6.98. The van der Waals surface area contributed by atoms with Crippen molar-refractivity contribution in [3.8, 4) is 0 Å². The molecule has 0 aliphatic heterocycles. The van der Waals surface area contributed by atoms with Gasteiger partial charge in [-0.05, 0) is 5.92 Å². The Morgan fingerprint density at radius 3 is 2.08 bits per heavy atom. The maximum absolute atomic E-state index is 10.5. The predicted molar refractivity (Wildman–Crippen MR) is 46.4 cm³/mol. The zero-order chi connectivity index (χ0) is 9.72. The minimum absolute atomic E-state index is 0.0492. The van der Waals surface area contributed by atoms with E-state index in [1.807, 2.05) is 0 Å². The second-order valence-corrected chi connectivity index (χ2v) is 3.84. The second-order valence-electron chi connectivity index (χ2n) is 2.71. The molecular weight excluding hydrogens is 180 g/mol. The van der Waals surface area contributed by atoms with Crippen LogP contribution in [0.5, 0.6) is 0 Å². The van der Waals surface area contributed by atoms with Crippen LogP contribution in [-0.4, -0.2) is 33.2 Å². The Balaban J connectivity index is 3.97. The number of aliphatic carboxylic acids is 2. The summed E-state index contributed by atoms with van der Waals surface area (Å²) in [4.78, 5) is 20.7. The van der Waals surface area contributed by atoms with Gasteiger partial charge in [0.2, 0.25) is 0 Å². The van der Waals surface area contributed by atoms with Gasteiger partial charge in [-0.25, -0.2) is 0 Å². The summed E-state index contributed by atoms with van der Waals surface area (Å²) >= 11 is 0.947. The number of thioether (sulfide) groups is 1. The summed E-state index contributed by atoms with van der Waals surface area (Å²) in [5.41, 5.74) is 0. The molecule has 0 heterocycles. The van der Waals surface area contributed by atoms with E-state index in [0.717, 1.165) is 11.8 Å². The van der Waals surface area contributed by atoms with Crippen LogP contribution in [0.25, 0.3) is 0 Å². The molecule has 0 radical (unpaired) electrons. The Kier molecular flexibility index (Phi) is 4.73. The van der Waals surface area contributed by atoms with Crippen molar-refractivity contribution < 1.29 is 19.8 Å². The first kappa shape index (κ1) is 11.3. The normalized spacial score (nSPS) is 12.9. The SMILES string of the molecule is CC(C)C(SCC(=O)O)C(=O)O. The van der Waals surface area contributed by atoms with Crippen molar-refractivity contribution in [1.29, 1.82) is 0 Å². The third-order valence-corrected chi connectivity index (χ3v) is 2.75. The number of carboxylic acid groups (broad SMARTS) is 2. The number of carbonyl (C=O) groups is 2. The first-order valence-corrected chi connectivity index (χ1v) is 4.56. The summed E-state index contributed by atoms with van der Waals surface area (Å²) in [6.07, 6.45) is 0. The van der Waals surface area contributed by atoms with E-state index in [2.05, 4.69) is 0 Å². The highest BCUT2D eigenvalue weighted by Crippen LogP contribution is 2.19. The number of rotatable bonds is 5. The van der Waals surface area contributed by atoms with Gasteiger partial charge in [0.25, 0.3) is 0 Å². The molecule has 70 valence electrons. The van der Waals surface area contributed by atoms with Gasteiger partial charge in [-0.15, -0.1) is 11.8 Å². The summed E-state index contributed by atoms with van der Waals surface area (Å²) in [7, 11) is 0. The third-order valence-electron chi connectivity index (χ3n) is 1.24. The smallest absolute Gasteiger partial charge is 0.316 e. The zero-order valence-corrected chi connectivity index (χ0v) is 7.80. The largest absolute Gasteiger partial charge is 0.481 e. The molecule has 0 aromatic heterocycles. The fraction of sp³-hybridized carbons (Fsp3) is 0.714. The van der Waals surface area contributed by atoms with E-state index in [1.54, 1.807) is 13.8 Å². The minimum atomic E-state index is -0.980. The molecule has 0 saturated carbocycles. The molecule has 0 spiro atoms. The van der Waals surface area contributed by atoms with Gasteiger partial charge < -0.3 is 10.2 Å². The van der Waals surface area contributed by atoms with Gasteiger partial charge in [0.15, 0.2) is 0 Å². The molecule has 12 heavy (non-hydrogen) atoms. The van der Waals surface area contributed by atoms with E-state index >= 15 is 0 Å². The van der Waals surface area contributed by atoms with Crippen molar-refractivity contribution >= 4 is 23.7 Å². The van der Waals surface area contributed by atoms with E-state index < -0.39 is 17.2 Å². The fourth-order valence-corrected chi connectivity index (χ4v) is 1.56. The van der Waals surface area contributed by atoms with Crippen LogP contribution in [0.1, 0.15) is 13.8 Å². The molecule has 1 atom stereocenters. The average Bonchev–Trinajstić information content (AvgIpc) is 1.84. The molecule has 0 aromatic rings. The van der Waals surface area contributed by atoms with Crippen molar-refractivity contribution in [1.82, 2.24) is 0 Å². The van der Waals surface area contributed by atoms with Crippen LogP contribution in [0, 0.1) is 5.92 Å². The number of carboxylic acids is 2. The molecule has 0 aliphatic rings. The average molecular weight is 192 g/mol. The van der Waals surface area contributed by atoms with Gasteiger partial charge in [-0.1, -0.05) is 13.8 Å². The van der Waals surface area contributed by atoms with Crippen molar-refractivity contribution in [3.05, 3.63) is 0 Å². The van der Waals surface area contributed by atoms with Gasteiger partial charge in [-0.2, -0.15) is 0 Å². The van der Waals surface area contributed by atoms with Crippen LogP contribution >= 0.6 is 11.8 Å². The molecular formula is C7H12O4S. The molecule has 0 fully saturated rings. The molecule has 5 heteroatoms. The first-order valence-electron chi connectivity index (χ1n) is 3.51. The Labute approximate surface area is 75.0 Å². The predicted octanol–water partition coefficient (Wildman–Crippen LogP) is 0.913. The quantitative estimate of drug-likeness (QED) is 0.677. The summed E-state index contributed by atoms with van der Waals surface area (Å²) in [6, 6.07) is 0. The topological polar surface area (TPSA) is 74.6 Å². The summed E-state index contributed by atoms with van der Waals surface area (Å²) in [6.45, 7) is 3.52. The van der Waals surface area contributed by atoms with Crippen molar-refractivity contribution in [2.24, 2.45) is 5.92 Å². The Morgan fingerprint density at radius 2 is 1.83 bits per heavy atom. The van der Waals surface area contributed by atoms with E-state index in [4.69, 9.17) is 10.2 Å². The Morgan fingerprint density at radius 1 is 1.33 bits per heavy atom. The van der Waals surface area contributed by atoms with Crippen LogP contribution in [0.3, 0.4) is 0 Å². The van der Waals surface area contributed by atoms with Gasteiger partial charge in [0.1, 0.15) is 5.25 Å². The maximum atomic E-state index is 10.5. The van der Waals surface area contributed by atoms with Crippen LogP contribution in [0.2, 0.25) is 0 Å². The van der Waals surface area contributed by atoms with Crippen molar-refractivity contribution in [2.75, 3.05) is 5.75 Å². The molecule has 4 nitrogen and oxygen atoms in total. The molecule has 0 aromatic carbocycles. The van der Waals surface area contributed by atoms with Gasteiger partial charge in [0, 0.05) is 0 Å². The van der Waals surface area contributed by atoms with E-state index in [-0.39, 0.29) is 11.7 Å². The maximum Gasteiger partial charge on any atom is 0.316 e. The fourth-order valence-electron chi connectivity index (χ4n) is 0.710. The molecule has 0 amide bonds. The molecule has 2 N–H and O–H groups in total. The molecule has 0 saturated heterocycles. The van der Waals surface area contributed by atoms with Crippen molar-refractivity contribution in [2.45, 2.75) is 19.1 Å². The van der Waals surface area contributed by atoms with Crippen LogP contribution in [0.4, 0.5) is 0 Å². The first-order chi connectivity index (χ1) is 5.45. The van der Waals surface area contributed by atoms with Gasteiger partial charge >= 0.3 is 11.9 Å². The van der Waals surface area contributed by atoms with Crippen LogP contribution in [-0.2, 0) is 9.59 Å². The standard InChI is InChI=1S/C7H12O4S/c1-4(2)6(7(10)11)12-3-5(8)9/h4,6H,3H2,1-2H3,(H,8,9)(H,10,11). The number of hydrogen-bond donors (Lipinski definition) is 2. The van der Waals surface area contributed by atoms with E-state index in [0.29, 0.717) is 0 Å². The Bertz CT molecular complexity index is 178. The van der Waals surface area contributed by atoms with Gasteiger partial charge in [-0.3, -0.25) is 9.59 Å². The molecule has 0 rings (SSSR count). The Hall–Kier alpha value is -0.710. The molecule has 0 aliphatic carbocycles. The van der Waals surface area contributed by atoms with E-state index in [1.165, 1.54) is 0 Å². The highest BCUT2D eigenvalue weighted by atomic mass is 32.2. The minimum Gasteiger partial charge on any atom is -0.481 e. The lowest BCUT2D eigenvalue weighted by molar-refractivity contribution is -0.137. The van der Waals surface area contributed by atoms with Crippen LogP contribution < -0.4 is 0 Å². The lowest BCUT2D eigenvalue weighted by Gasteiger charge is -2.13. The van der Waals surface area contributed by atoms with Crippen LogP contribution in [0.15, 0.2) is 0 Å². The van der Waals surface area contributed by atoms with E-state index in [9.17, 15) is 9.59 Å². The summed E-state index contributed by atoms with van der Waals surface area (Å²) < 4.78 is 0. The molecule has 1 unspecified atom stereocenters. The highest BCUT2D eigenvalue weighted by Gasteiger charge is 2.22. The van der Waals surface area contributed by atoms with Gasteiger partial charge in [0.05, 0.1) is 5.75 Å². The summed E-state index contributed by atoms with van der Waals surface area (Å²) in [5.74, 6) is -2.13.